The van der Waals surface area contributed by atoms with E-state index in [1.54, 1.807) is 6.20 Å². The van der Waals surface area contributed by atoms with Crippen LogP contribution in [0, 0.1) is 11.7 Å². The smallest absolute Gasteiger partial charge is 0.147 e. The highest BCUT2D eigenvalue weighted by atomic mass is 79.9. The predicted molar refractivity (Wildman–Crippen MR) is 84.7 cm³/mol. The number of rotatable bonds is 1. The van der Waals surface area contributed by atoms with E-state index in [0.29, 0.717) is 11.6 Å². The van der Waals surface area contributed by atoms with Crippen molar-refractivity contribution >= 4 is 21.6 Å². The van der Waals surface area contributed by atoms with Crippen molar-refractivity contribution in [1.29, 1.82) is 0 Å². The van der Waals surface area contributed by atoms with Gasteiger partial charge in [-0.2, -0.15) is 0 Å². The molecule has 4 heteroatoms. The van der Waals surface area contributed by atoms with E-state index < -0.39 is 0 Å². The molecule has 0 unspecified atom stereocenters. The summed E-state index contributed by atoms with van der Waals surface area (Å²) in [6.07, 6.45) is 9.05. The molecule has 0 saturated heterocycles. The van der Waals surface area contributed by atoms with E-state index >= 15 is 0 Å². The van der Waals surface area contributed by atoms with Crippen molar-refractivity contribution in [2.75, 3.05) is 5.32 Å². The topological polar surface area (TPSA) is 24.9 Å². The molecule has 2 aliphatic rings. The van der Waals surface area contributed by atoms with Crippen LogP contribution in [0.2, 0.25) is 0 Å². The molecule has 1 aromatic carbocycles. The highest BCUT2D eigenvalue weighted by Crippen LogP contribution is 2.50. The van der Waals surface area contributed by atoms with Crippen LogP contribution < -0.4 is 5.32 Å². The molecule has 0 spiro atoms. The van der Waals surface area contributed by atoms with Crippen LogP contribution in [0.25, 0.3) is 0 Å². The molecule has 106 valence electrons. The zero-order valence-electron chi connectivity index (χ0n) is 11.3. The average molecular weight is 345 g/mol. The van der Waals surface area contributed by atoms with Gasteiger partial charge in [0, 0.05) is 22.8 Å². The van der Waals surface area contributed by atoms with E-state index in [1.807, 2.05) is 18.3 Å². The number of anilines is 1. The molecule has 1 N–H and O–H groups in total. The van der Waals surface area contributed by atoms with Crippen LogP contribution in [-0.2, 0) is 0 Å². The van der Waals surface area contributed by atoms with Crippen molar-refractivity contribution in [1.82, 2.24) is 4.98 Å². The van der Waals surface area contributed by atoms with Gasteiger partial charge < -0.3 is 5.32 Å². The maximum Gasteiger partial charge on any atom is 0.147 e. The first-order chi connectivity index (χ1) is 10.2. The number of hydrogen-bond acceptors (Lipinski definition) is 2. The highest BCUT2D eigenvalue weighted by molar-refractivity contribution is 9.10. The Kier molecular flexibility index (Phi) is 3.07. The predicted octanol–water partition coefficient (Wildman–Crippen LogP) is 4.81. The van der Waals surface area contributed by atoms with Crippen LogP contribution in [0.1, 0.15) is 29.5 Å². The summed E-state index contributed by atoms with van der Waals surface area (Å²) in [6.45, 7) is 0. The number of halogens is 2. The van der Waals surface area contributed by atoms with Crippen molar-refractivity contribution in [2.24, 2.45) is 5.92 Å². The summed E-state index contributed by atoms with van der Waals surface area (Å²) < 4.78 is 15.1. The minimum Gasteiger partial charge on any atom is -0.375 e. The van der Waals surface area contributed by atoms with E-state index in [2.05, 4.69) is 44.4 Å². The Labute approximate surface area is 131 Å². The Hall–Kier alpha value is -1.68. The normalized spacial score (nSPS) is 26.1. The minimum absolute atomic E-state index is 0.0990. The van der Waals surface area contributed by atoms with Gasteiger partial charge in [-0.3, -0.25) is 4.98 Å². The van der Waals surface area contributed by atoms with Crippen molar-refractivity contribution in [3.05, 3.63) is 70.2 Å². The van der Waals surface area contributed by atoms with E-state index in [-0.39, 0.29) is 17.8 Å². The summed E-state index contributed by atoms with van der Waals surface area (Å²) >= 11 is 3.40. The molecule has 21 heavy (non-hydrogen) atoms. The minimum atomic E-state index is -0.202. The average Bonchev–Trinajstić information content (AvgIpc) is 2.97. The van der Waals surface area contributed by atoms with Crippen LogP contribution in [0.3, 0.4) is 0 Å². The van der Waals surface area contributed by atoms with Crippen molar-refractivity contribution in [3.8, 4) is 0 Å². The molecule has 0 saturated carbocycles. The van der Waals surface area contributed by atoms with Crippen LogP contribution in [0.4, 0.5) is 10.1 Å². The lowest BCUT2D eigenvalue weighted by molar-refractivity contribution is 0.420. The van der Waals surface area contributed by atoms with Gasteiger partial charge in [0.25, 0.3) is 0 Å². The molecular formula is C17H14BrFN2. The Bertz CT molecular complexity index is 714. The number of nitrogens with zero attached hydrogens (tertiary/aromatic N) is 1. The number of hydrogen-bond donors (Lipinski definition) is 1. The number of allylic oxidation sites excluding steroid dienone is 2. The standard InChI is InChI=1S/C17H14BrFN2/c18-11-7-14-12-4-1-5-13(12)16(10-3-2-6-20-9-10)21-17(14)15(19)8-11/h1-4,6-9,12-13,16,21H,5H2/t12-,13-,16+/m1/s1. The summed E-state index contributed by atoms with van der Waals surface area (Å²) in [4.78, 5) is 4.20. The Morgan fingerprint density at radius 3 is 3.05 bits per heavy atom. The van der Waals surface area contributed by atoms with E-state index in [9.17, 15) is 4.39 Å². The van der Waals surface area contributed by atoms with E-state index in [1.165, 1.54) is 6.07 Å². The number of pyridine rings is 1. The molecule has 2 nitrogen and oxygen atoms in total. The molecule has 0 amide bonds. The maximum atomic E-state index is 14.3. The molecule has 2 aromatic rings. The van der Waals surface area contributed by atoms with Crippen LogP contribution in [-0.4, -0.2) is 4.98 Å². The fourth-order valence-electron chi connectivity index (χ4n) is 3.51. The zero-order valence-corrected chi connectivity index (χ0v) is 12.8. The lowest BCUT2D eigenvalue weighted by atomic mass is 9.77. The number of benzene rings is 1. The number of aromatic nitrogens is 1. The quantitative estimate of drug-likeness (QED) is 0.751. The van der Waals surface area contributed by atoms with Gasteiger partial charge in [-0.25, -0.2) is 4.39 Å². The van der Waals surface area contributed by atoms with Gasteiger partial charge in [0.05, 0.1) is 11.7 Å². The molecule has 0 radical (unpaired) electrons. The fraction of sp³-hybridized carbons (Fsp3) is 0.235. The van der Waals surface area contributed by atoms with Gasteiger partial charge in [0.2, 0.25) is 0 Å². The molecule has 4 rings (SSSR count). The molecular weight excluding hydrogens is 331 g/mol. The number of fused-ring (bicyclic) bond motifs is 3. The summed E-state index contributed by atoms with van der Waals surface area (Å²) in [5, 5.41) is 3.40. The Balaban J connectivity index is 1.84. The molecule has 0 fully saturated rings. The third-order valence-corrected chi connectivity index (χ3v) is 4.89. The van der Waals surface area contributed by atoms with Gasteiger partial charge in [0.1, 0.15) is 5.82 Å². The molecule has 2 heterocycles. The first-order valence-corrected chi connectivity index (χ1v) is 7.85. The zero-order chi connectivity index (χ0) is 14.4. The Morgan fingerprint density at radius 2 is 2.24 bits per heavy atom. The van der Waals surface area contributed by atoms with Gasteiger partial charge >= 0.3 is 0 Å². The lowest BCUT2D eigenvalue weighted by Gasteiger charge is -2.37. The Morgan fingerprint density at radius 1 is 1.33 bits per heavy atom. The van der Waals surface area contributed by atoms with Crippen molar-refractivity contribution < 1.29 is 4.39 Å². The molecule has 0 bridgehead atoms. The van der Waals surface area contributed by atoms with Crippen LogP contribution in [0.15, 0.2) is 53.3 Å². The monoisotopic (exact) mass is 344 g/mol. The van der Waals surface area contributed by atoms with Crippen LogP contribution >= 0.6 is 15.9 Å². The summed E-state index contributed by atoms with van der Waals surface area (Å²) in [6, 6.07) is 7.63. The van der Waals surface area contributed by atoms with Gasteiger partial charge in [-0.15, -0.1) is 0 Å². The van der Waals surface area contributed by atoms with Crippen molar-refractivity contribution in [2.45, 2.75) is 18.4 Å². The molecule has 3 atom stereocenters. The summed E-state index contributed by atoms with van der Waals surface area (Å²) in [5.41, 5.74) is 2.78. The first kappa shape index (κ1) is 13.0. The largest absolute Gasteiger partial charge is 0.375 e. The van der Waals surface area contributed by atoms with Crippen LogP contribution in [0.5, 0.6) is 0 Å². The van der Waals surface area contributed by atoms with Gasteiger partial charge in [0.15, 0.2) is 0 Å². The summed E-state index contributed by atoms with van der Waals surface area (Å²) in [7, 11) is 0. The summed E-state index contributed by atoms with van der Waals surface area (Å²) in [5.74, 6) is 0.473. The highest BCUT2D eigenvalue weighted by Gasteiger charge is 2.39. The fourth-order valence-corrected chi connectivity index (χ4v) is 3.96. The third-order valence-electron chi connectivity index (χ3n) is 4.43. The second-order valence-electron chi connectivity index (χ2n) is 5.61. The third kappa shape index (κ3) is 2.09. The molecule has 1 aliphatic carbocycles. The second-order valence-corrected chi connectivity index (χ2v) is 6.53. The molecule has 1 aliphatic heterocycles. The maximum absolute atomic E-state index is 14.3. The lowest BCUT2D eigenvalue weighted by Crippen LogP contribution is -2.29. The first-order valence-electron chi connectivity index (χ1n) is 7.06. The van der Waals surface area contributed by atoms with Gasteiger partial charge in [-0.1, -0.05) is 34.1 Å². The van der Waals surface area contributed by atoms with E-state index in [0.717, 1.165) is 22.0 Å². The van der Waals surface area contributed by atoms with E-state index in [4.69, 9.17) is 0 Å². The van der Waals surface area contributed by atoms with Gasteiger partial charge in [-0.05, 0) is 41.7 Å². The second kappa shape index (κ2) is 4.95. The molecule has 1 aromatic heterocycles. The number of nitrogens with one attached hydrogen (secondary N) is 1. The van der Waals surface area contributed by atoms with Crippen molar-refractivity contribution in [3.63, 3.8) is 0 Å². The SMILES string of the molecule is Fc1cc(Br)cc2c1N[C@@H](c1cccnc1)[C@@H]1CC=C[C@@H]21.